The minimum absolute atomic E-state index is 0.0191. The molecule has 1 aromatic carbocycles. The van der Waals surface area contributed by atoms with Gasteiger partial charge in [-0.3, -0.25) is 4.79 Å². The minimum atomic E-state index is -3.48. The second-order valence-corrected chi connectivity index (χ2v) is 6.70. The number of sulfonamides is 1. The fraction of sp³-hybridized carbons (Fsp3) is 0.462. The molecule has 0 atom stereocenters. The van der Waals surface area contributed by atoms with E-state index in [1.54, 1.807) is 29.2 Å². The summed E-state index contributed by atoms with van der Waals surface area (Å²) in [6, 6.07) is 6.60. The predicted molar refractivity (Wildman–Crippen MR) is 75.3 cm³/mol. The maximum Gasteiger partial charge on any atom is 0.243 e. The van der Waals surface area contributed by atoms with Gasteiger partial charge in [-0.1, -0.05) is 12.1 Å². The van der Waals surface area contributed by atoms with Gasteiger partial charge in [-0.25, -0.2) is 8.42 Å². The zero-order chi connectivity index (χ0) is 14.8. The Kier molecular flexibility index (Phi) is 4.42. The number of nitrogens with zero attached hydrogens (tertiary/aromatic N) is 2. The van der Waals surface area contributed by atoms with Gasteiger partial charge in [0, 0.05) is 39.6 Å². The normalized spacial score (nSPS) is 17.2. The van der Waals surface area contributed by atoms with Crippen molar-refractivity contribution in [1.82, 2.24) is 9.21 Å². The summed E-state index contributed by atoms with van der Waals surface area (Å²) in [6.07, 6.45) is 0. The van der Waals surface area contributed by atoms with E-state index in [2.05, 4.69) is 0 Å². The zero-order valence-corrected chi connectivity index (χ0v) is 12.3. The van der Waals surface area contributed by atoms with Crippen LogP contribution in [0.25, 0.3) is 0 Å². The molecule has 0 unspecified atom stereocenters. The second-order valence-electron chi connectivity index (χ2n) is 4.76. The standard InChI is InChI=1S/C13H19N3O3S/c1-11(17)15-6-8-16(9-7-15)20(18,19)13-4-2-12(10-14)3-5-13/h2-5H,6-10,14H2,1H3. The van der Waals surface area contributed by atoms with E-state index in [0.29, 0.717) is 32.7 Å². The van der Waals surface area contributed by atoms with Crippen LogP contribution in [0.3, 0.4) is 0 Å². The number of nitrogens with two attached hydrogens (primary N) is 1. The van der Waals surface area contributed by atoms with Crippen LogP contribution >= 0.6 is 0 Å². The van der Waals surface area contributed by atoms with Gasteiger partial charge in [-0.2, -0.15) is 4.31 Å². The molecule has 0 spiro atoms. The fourth-order valence-electron chi connectivity index (χ4n) is 2.19. The lowest BCUT2D eigenvalue weighted by Crippen LogP contribution is -2.49. The van der Waals surface area contributed by atoms with E-state index in [4.69, 9.17) is 5.73 Å². The lowest BCUT2D eigenvalue weighted by atomic mass is 10.2. The van der Waals surface area contributed by atoms with Gasteiger partial charge in [0.15, 0.2) is 0 Å². The molecule has 1 saturated heterocycles. The lowest BCUT2D eigenvalue weighted by molar-refractivity contribution is -0.129. The third-order valence-electron chi connectivity index (χ3n) is 3.48. The molecule has 1 aliphatic rings. The maximum absolute atomic E-state index is 12.5. The molecule has 1 aliphatic heterocycles. The highest BCUT2D eigenvalue weighted by Crippen LogP contribution is 2.18. The van der Waals surface area contributed by atoms with Crippen LogP contribution in [0.4, 0.5) is 0 Å². The Morgan fingerprint density at radius 3 is 2.15 bits per heavy atom. The summed E-state index contributed by atoms with van der Waals surface area (Å²) in [5.41, 5.74) is 6.39. The zero-order valence-electron chi connectivity index (χ0n) is 11.4. The van der Waals surface area contributed by atoms with E-state index in [-0.39, 0.29) is 10.8 Å². The van der Waals surface area contributed by atoms with Gasteiger partial charge in [0.2, 0.25) is 15.9 Å². The van der Waals surface area contributed by atoms with Crippen LogP contribution in [0, 0.1) is 0 Å². The average molecular weight is 297 g/mol. The highest BCUT2D eigenvalue weighted by Gasteiger charge is 2.28. The first-order chi connectivity index (χ1) is 9.45. The molecule has 0 aromatic heterocycles. The monoisotopic (exact) mass is 297 g/mol. The molecule has 2 rings (SSSR count). The number of carbonyl (C=O) groups excluding carboxylic acids is 1. The molecule has 0 bridgehead atoms. The highest BCUT2D eigenvalue weighted by molar-refractivity contribution is 7.89. The van der Waals surface area contributed by atoms with E-state index >= 15 is 0 Å². The molecule has 0 aliphatic carbocycles. The van der Waals surface area contributed by atoms with E-state index in [1.165, 1.54) is 11.2 Å². The van der Waals surface area contributed by atoms with Crippen LogP contribution in [0.1, 0.15) is 12.5 Å². The molecule has 1 heterocycles. The number of benzene rings is 1. The number of amides is 1. The second kappa shape index (κ2) is 5.90. The molecule has 0 radical (unpaired) electrons. The summed E-state index contributed by atoms with van der Waals surface area (Å²) in [7, 11) is -3.48. The van der Waals surface area contributed by atoms with Crippen molar-refractivity contribution >= 4 is 15.9 Å². The third-order valence-corrected chi connectivity index (χ3v) is 5.39. The van der Waals surface area contributed by atoms with Crippen molar-refractivity contribution in [1.29, 1.82) is 0 Å². The number of piperazine rings is 1. The quantitative estimate of drug-likeness (QED) is 0.851. The molecule has 20 heavy (non-hydrogen) atoms. The molecule has 6 nitrogen and oxygen atoms in total. The first-order valence-corrected chi connectivity index (χ1v) is 7.94. The van der Waals surface area contributed by atoms with Gasteiger partial charge >= 0.3 is 0 Å². The Hall–Kier alpha value is -1.44. The van der Waals surface area contributed by atoms with E-state index in [0.717, 1.165) is 5.56 Å². The Morgan fingerprint density at radius 2 is 1.70 bits per heavy atom. The molecule has 110 valence electrons. The van der Waals surface area contributed by atoms with Crippen molar-refractivity contribution in [3.63, 3.8) is 0 Å². The molecule has 7 heteroatoms. The van der Waals surface area contributed by atoms with Crippen molar-refractivity contribution in [2.75, 3.05) is 26.2 Å². The Bertz CT molecular complexity index is 575. The van der Waals surface area contributed by atoms with E-state index in [1.807, 2.05) is 0 Å². The smallest absolute Gasteiger partial charge is 0.243 e. The topological polar surface area (TPSA) is 83.7 Å². The lowest BCUT2D eigenvalue weighted by Gasteiger charge is -2.33. The summed E-state index contributed by atoms with van der Waals surface area (Å²) in [5, 5.41) is 0. The van der Waals surface area contributed by atoms with Crippen LogP contribution in [0.2, 0.25) is 0 Å². The van der Waals surface area contributed by atoms with Crippen molar-refractivity contribution in [3.05, 3.63) is 29.8 Å². The summed E-state index contributed by atoms with van der Waals surface area (Å²) in [5.74, 6) is -0.0191. The maximum atomic E-state index is 12.5. The van der Waals surface area contributed by atoms with Crippen molar-refractivity contribution in [3.8, 4) is 0 Å². The van der Waals surface area contributed by atoms with Gasteiger partial charge in [0.05, 0.1) is 4.90 Å². The highest BCUT2D eigenvalue weighted by atomic mass is 32.2. The third kappa shape index (κ3) is 3.00. The number of hydrogen-bond donors (Lipinski definition) is 1. The SMILES string of the molecule is CC(=O)N1CCN(S(=O)(=O)c2ccc(CN)cc2)CC1. The van der Waals surface area contributed by atoms with Crippen LogP contribution in [-0.4, -0.2) is 49.7 Å². The predicted octanol–water partition coefficient (Wildman–Crippen LogP) is -0.00190. The largest absolute Gasteiger partial charge is 0.340 e. The van der Waals surface area contributed by atoms with Gasteiger partial charge in [-0.15, -0.1) is 0 Å². The first kappa shape index (κ1) is 15.0. The summed E-state index contributed by atoms with van der Waals surface area (Å²) < 4.78 is 26.3. The van der Waals surface area contributed by atoms with Gasteiger partial charge in [0.1, 0.15) is 0 Å². The Labute approximate surface area is 119 Å². The Balaban J connectivity index is 2.13. The van der Waals surface area contributed by atoms with Crippen LogP contribution in [0.5, 0.6) is 0 Å². The molecule has 2 N–H and O–H groups in total. The molecule has 0 saturated carbocycles. The van der Waals surface area contributed by atoms with Gasteiger partial charge < -0.3 is 10.6 Å². The van der Waals surface area contributed by atoms with Crippen molar-refractivity contribution in [2.45, 2.75) is 18.4 Å². The number of hydrogen-bond acceptors (Lipinski definition) is 4. The fourth-order valence-corrected chi connectivity index (χ4v) is 3.61. The van der Waals surface area contributed by atoms with E-state index < -0.39 is 10.0 Å². The number of rotatable bonds is 3. The molecular weight excluding hydrogens is 278 g/mol. The van der Waals surface area contributed by atoms with Crippen molar-refractivity contribution in [2.24, 2.45) is 5.73 Å². The number of carbonyl (C=O) groups is 1. The summed E-state index contributed by atoms with van der Waals surface area (Å²) in [4.78, 5) is 13.2. The Morgan fingerprint density at radius 1 is 1.15 bits per heavy atom. The molecule has 1 fully saturated rings. The molecule has 1 aromatic rings. The molecular formula is C13H19N3O3S. The van der Waals surface area contributed by atoms with Crippen LogP contribution in [0.15, 0.2) is 29.2 Å². The average Bonchev–Trinajstić information content (AvgIpc) is 2.47. The van der Waals surface area contributed by atoms with Crippen LogP contribution in [-0.2, 0) is 21.4 Å². The molecule has 1 amide bonds. The first-order valence-electron chi connectivity index (χ1n) is 6.50. The summed E-state index contributed by atoms with van der Waals surface area (Å²) >= 11 is 0. The summed E-state index contributed by atoms with van der Waals surface area (Å²) in [6.45, 7) is 3.43. The van der Waals surface area contributed by atoms with Gasteiger partial charge in [0.25, 0.3) is 0 Å². The minimum Gasteiger partial charge on any atom is -0.340 e. The van der Waals surface area contributed by atoms with Crippen molar-refractivity contribution < 1.29 is 13.2 Å². The van der Waals surface area contributed by atoms with Crippen LogP contribution < -0.4 is 5.73 Å². The van der Waals surface area contributed by atoms with E-state index in [9.17, 15) is 13.2 Å². The van der Waals surface area contributed by atoms with Gasteiger partial charge in [-0.05, 0) is 17.7 Å².